The molecule has 270 valence electrons. The van der Waals surface area contributed by atoms with E-state index in [-0.39, 0.29) is 42.3 Å². The largest absolute Gasteiger partial charge is 0.481 e. The molecule has 6 rings (SSSR count). The molecule has 1 aliphatic carbocycles. The first-order valence-corrected chi connectivity index (χ1v) is 18.3. The van der Waals surface area contributed by atoms with Gasteiger partial charge in [0.1, 0.15) is 0 Å². The number of hydrogen-bond donors (Lipinski definition) is 2. The highest BCUT2D eigenvalue weighted by atomic mass is 35.5. The Kier molecular flexibility index (Phi) is 12.0. The molecule has 2 aliphatic heterocycles. The fourth-order valence-electron chi connectivity index (χ4n) is 7.71. The van der Waals surface area contributed by atoms with E-state index in [0.717, 1.165) is 50.0 Å². The predicted molar refractivity (Wildman–Crippen MR) is 194 cm³/mol. The van der Waals surface area contributed by atoms with E-state index >= 15 is 0 Å². The maximum absolute atomic E-state index is 14.0. The number of fused-ring (bicyclic) bond motifs is 1. The number of benzene rings is 2. The number of likely N-dealkylation sites (tertiary alicyclic amines) is 1. The molecule has 3 aliphatic rings. The van der Waals surface area contributed by atoms with E-state index in [0.29, 0.717) is 72.3 Å². The fraction of sp³-hybridized carbons (Fsp3) is 0.541. The molecule has 0 unspecified atom stereocenters. The van der Waals surface area contributed by atoms with Gasteiger partial charge in [0, 0.05) is 81.6 Å². The van der Waals surface area contributed by atoms with Crippen molar-refractivity contribution in [1.82, 2.24) is 19.3 Å². The Morgan fingerprint density at radius 3 is 2.46 bits per heavy atom. The first-order chi connectivity index (χ1) is 24.1. The molecule has 0 spiro atoms. The second-order valence-electron chi connectivity index (χ2n) is 13.8. The maximum atomic E-state index is 14.0. The standard InChI is InChI=1S/C37H47Cl2N5O6/c1-41-22-30(29-5-3-4-6-34(29)41)36(46)40-33-20-31(38)25(17-32(33)39)18-35(45)44-21-26(43-13-11-42(12-14-43)15-16-49-2)19-27(44)23-50-28-9-7-24(8-10-28)37(47)48/h3-6,17,20,22,24,26-28H,7-16,18-19,21,23H2,1-2H3,(H,40,46)(H,47,48)/t24?,26-,27-,28?/m0/s1. The van der Waals surface area contributed by atoms with Crippen molar-refractivity contribution in [2.24, 2.45) is 13.0 Å². The zero-order chi connectivity index (χ0) is 35.4. The lowest BCUT2D eigenvalue weighted by Gasteiger charge is -2.37. The van der Waals surface area contributed by atoms with Crippen molar-refractivity contribution < 1.29 is 29.0 Å². The monoisotopic (exact) mass is 727 g/mol. The van der Waals surface area contributed by atoms with E-state index in [1.54, 1.807) is 25.4 Å². The lowest BCUT2D eigenvalue weighted by Crippen LogP contribution is -2.51. The minimum absolute atomic E-state index is 0.00388. The van der Waals surface area contributed by atoms with Crippen LogP contribution < -0.4 is 5.32 Å². The van der Waals surface area contributed by atoms with Crippen molar-refractivity contribution in [2.45, 2.75) is 56.7 Å². The highest BCUT2D eigenvalue weighted by Crippen LogP contribution is 2.33. The number of aryl methyl sites for hydroxylation is 1. The van der Waals surface area contributed by atoms with Gasteiger partial charge in [-0.2, -0.15) is 0 Å². The number of carbonyl (C=O) groups excluding carboxylic acids is 2. The molecule has 50 heavy (non-hydrogen) atoms. The maximum Gasteiger partial charge on any atom is 0.306 e. The van der Waals surface area contributed by atoms with Crippen molar-refractivity contribution >= 4 is 57.6 Å². The number of amides is 2. The second-order valence-corrected chi connectivity index (χ2v) is 14.6. The highest BCUT2D eigenvalue weighted by Gasteiger charge is 2.39. The average Bonchev–Trinajstić information content (AvgIpc) is 3.70. The Balaban J connectivity index is 1.12. The number of rotatable bonds is 12. The number of carboxylic acid groups (broad SMARTS) is 1. The molecule has 3 aromatic rings. The molecule has 0 bridgehead atoms. The molecule has 3 fully saturated rings. The predicted octanol–water partition coefficient (Wildman–Crippen LogP) is 5.17. The van der Waals surface area contributed by atoms with Crippen molar-refractivity contribution in [1.29, 1.82) is 0 Å². The minimum atomic E-state index is -0.736. The van der Waals surface area contributed by atoms with Crippen LogP contribution in [0.3, 0.4) is 0 Å². The molecule has 2 saturated heterocycles. The number of ether oxygens (including phenoxy) is 2. The van der Waals surface area contributed by atoms with Crippen LogP contribution >= 0.6 is 23.2 Å². The summed E-state index contributed by atoms with van der Waals surface area (Å²) in [5.74, 6) is -1.40. The average molecular weight is 729 g/mol. The summed E-state index contributed by atoms with van der Waals surface area (Å²) in [4.78, 5) is 45.6. The van der Waals surface area contributed by atoms with Gasteiger partial charge in [0.15, 0.2) is 0 Å². The SMILES string of the molecule is COCCN1CCN([C@H]2C[C@@H](COC3CCC(C(=O)O)CC3)N(C(=O)Cc3cc(Cl)c(NC(=O)c4cn(C)c5ccccc45)cc3Cl)C2)CC1. The van der Waals surface area contributed by atoms with Crippen LogP contribution in [0.4, 0.5) is 5.69 Å². The van der Waals surface area contributed by atoms with Crippen LogP contribution in [0, 0.1) is 5.92 Å². The molecule has 11 nitrogen and oxygen atoms in total. The zero-order valence-electron chi connectivity index (χ0n) is 28.8. The molecule has 0 radical (unpaired) electrons. The third-order valence-corrected chi connectivity index (χ3v) is 11.3. The lowest BCUT2D eigenvalue weighted by molar-refractivity contribution is -0.144. The highest BCUT2D eigenvalue weighted by molar-refractivity contribution is 6.36. The molecule has 2 N–H and O–H groups in total. The first kappa shape index (κ1) is 36.6. The van der Waals surface area contributed by atoms with Gasteiger partial charge in [-0.05, 0) is 55.9 Å². The van der Waals surface area contributed by atoms with Crippen molar-refractivity contribution in [3.8, 4) is 0 Å². The number of anilines is 1. The Hall–Kier alpha value is -3.19. The van der Waals surface area contributed by atoms with Gasteiger partial charge in [0.2, 0.25) is 5.91 Å². The number of carbonyl (C=O) groups is 3. The summed E-state index contributed by atoms with van der Waals surface area (Å²) in [7, 11) is 3.62. The molecular formula is C37H47Cl2N5O6. The summed E-state index contributed by atoms with van der Waals surface area (Å²) >= 11 is 13.4. The first-order valence-electron chi connectivity index (χ1n) is 17.5. The number of carboxylic acids is 1. The Bertz CT molecular complexity index is 1680. The van der Waals surface area contributed by atoms with E-state index < -0.39 is 5.97 Å². The number of nitrogens with zero attached hydrogens (tertiary/aromatic N) is 4. The van der Waals surface area contributed by atoms with Gasteiger partial charge >= 0.3 is 5.97 Å². The number of methoxy groups -OCH3 is 1. The number of aliphatic carboxylic acids is 1. The molecule has 1 aromatic heterocycles. The van der Waals surface area contributed by atoms with Gasteiger partial charge in [-0.1, -0.05) is 41.4 Å². The van der Waals surface area contributed by atoms with Crippen LogP contribution in [-0.4, -0.2) is 120 Å². The zero-order valence-corrected chi connectivity index (χ0v) is 30.3. The molecule has 13 heteroatoms. The van der Waals surface area contributed by atoms with Crippen LogP contribution in [0.5, 0.6) is 0 Å². The smallest absolute Gasteiger partial charge is 0.306 e. The van der Waals surface area contributed by atoms with Crippen molar-refractivity contribution in [3.63, 3.8) is 0 Å². The normalized spacial score (nSPS) is 23.4. The molecule has 1 saturated carbocycles. The summed E-state index contributed by atoms with van der Waals surface area (Å²) < 4.78 is 13.5. The van der Waals surface area contributed by atoms with Crippen LogP contribution in [0.1, 0.15) is 48.0 Å². The van der Waals surface area contributed by atoms with E-state index in [1.807, 2.05) is 40.8 Å². The van der Waals surface area contributed by atoms with Crippen LogP contribution in [0.15, 0.2) is 42.6 Å². The molecular weight excluding hydrogens is 681 g/mol. The lowest BCUT2D eigenvalue weighted by atomic mass is 9.87. The topological polar surface area (TPSA) is 117 Å². The summed E-state index contributed by atoms with van der Waals surface area (Å²) in [5.41, 5.74) is 2.43. The minimum Gasteiger partial charge on any atom is -0.481 e. The number of para-hydroxylation sites is 1. The van der Waals surface area contributed by atoms with Gasteiger partial charge < -0.3 is 29.4 Å². The van der Waals surface area contributed by atoms with Crippen molar-refractivity contribution in [2.75, 3.05) is 64.9 Å². The molecule has 3 heterocycles. The molecule has 2 aromatic carbocycles. The Morgan fingerprint density at radius 2 is 1.74 bits per heavy atom. The van der Waals surface area contributed by atoms with Gasteiger partial charge in [0.25, 0.3) is 5.91 Å². The van der Waals surface area contributed by atoms with Gasteiger partial charge in [-0.25, -0.2) is 0 Å². The number of halogens is 2. The Labute approximate surface area is 303 Å². The van der Waals surface area contributed by atoms with Crippen LogP contribution in [0.2, 0.25) is 10.0 Å². The van der Waals surface area contributed by atoms with Crippen LogP contribution in [0.25, 0.3) is 10.9 Å². The van der Waals surface area contributed by atoms with Gasteiger partial charge in [-0.15, -0.1) is 0 Å². The Morgan fingerprint density at radius 1 is 1.00 bits per heavy atom. The third kappa shape index (κ3) is 8.46. The second kappa shape index (κ2) is 16.4. The van der Waals surface area contributed by atoms with Gasteiger partial charge in [-0.3, -0.25) is 24.2 Å². The number of hydrogen-bond acceptors (Lipinski definition) is 7. The van der Waals surface area contributed by atoms with Crippen molar-refractivity contribution in [3.05, 3.63) is 63.8 Å². The number of piperazine rings is 1. The van der Waals surface area contributed by atoms with E-state index in [9.17, 15) is 19.5 Å². The quantitative estimate of drug-likeness (QED) is 0.263. The third-order valence-electron chi connectivity index (χ3n) is 10.7. The van der Waals surface area contributed by atoms with Gasteiger partial charge in [0.05, 0.1) is 54.0 Å². The summed E-state index contributed by atoms with van der Waals surface area (Å²) in [6.07, 6.45) is 5.30. The summed E-state index contributed by atoms with van der Waals surface area (Å²) in [5, 5.41) is 13.8. The fourth-order valence-corrected chi connectivity index (χ4v) is 8.18. The van der Waals surface area contributed by atoms with E-state index in [1.165, 1.54) is 0 Å². The number of aromatic nitrogens is 1. The number of nitrogens with one attached hydrogen (secondary N) is 1. The van der Waals surface area contributed by atoms with E-state index in [2.05, 4.69) is 15.1 Å². The summed E-state index contributed by atoms with van der Waals surface area (Å²) in [6.45, 7) is 6.40. The van der Waals surface area contributed by atoms with E-state index in [4.69, 9.17) is 32.7 Å². The van der Waals surface area contributed by atoms with Crippen LogP contribution in [-0.2, 0) is 32.5 Å². The molecule has 2 amide bonds. The summed E-state index contributed by atoms with van der Waals surface area (Å²) in [6, 6.07) is 11.1. The molecule has 2 atom stereocenters.